The predicted molar refractivity (Wildman–Crippen MR) is 80.9 cm³/mol. The SMILES string of the molecule is CC(C(=O)NCc1ccco1)n1nc(-n2cccn2)ccc1=O. The Morgan fingerprint density at radius 2 is 2.22 bits per heavy atom. The van der Waals surface area contributed by atoms with E-state index < -0.39 is 6.04 Å². The molecule has 0 fully saturated rings. The quantitative estimate of drug-likeness (QED) is 0.755. The van der Waals surface area contributed by atoms with Crippen LogP contribution >= 0.6 is 0 Å². The summed E-state index contributed by atoms with van der Waals surface area (Å²) in [5, 5.41) is 11.0. The second kappa shape index (κ2) is 6.30. The van der Waals surface area contributed by atoms with E-state index in [1.54, 1.807) is 43.6 Å². The molecule has 3 rings (SSSR count). The van der Waals surface area contributed by atoms with Crippen molar-refractivity contribution >= 4 is 5.91 Å². The van der Waals surface area contributed by atoms with Crippen LogP contribution in [0.2, 0.25) is 0 Å². The summed E-state index contributed by atoms with van der Waals surface area (Å²) >= 11 is 0. The van der Waals surface area contributed by atoms with Gasteiger partial charge in [-0.05, 0) is 31.2 Å². The maximum atomic E-state index is 12.2. The molecule has 1 N–H and O–H groups in total. The fourth-order valence-electron chi connectivity index (χ4n) is 2.07. The van der Waals surface area contributed by atoms with E-state index in [4.69, 9.17) is 4.42 Å². The summed E-state index contributed by atoms with van der Waals surface area (Å²) in [6.45, 7) is 1.86. The third kappa shape index (κ3) is 3.20. The van der Waals surface area contributed by atoms with Gasteiger partial charge in [-0.3, -0.25) is 9.59 Å². The van der Waals surface area contributed by atoms with Crippen molar-refractivity contribution in [1.82, 2.24) is 24.9 Å². The highest BCUT2D eigenvalue weighted by Gasteiger charge is 2.18. The molecule has 1 unspecified atom stereocenters. The van der Waals surface area contributed by atoms with E-state index >= 15 is 0 Å². The predicted octanol–water partition coefficient (Wildman–Crippen LogP) is 0.899. The van der Waals surface area contributed by atoms with Gasteiger partial charge in [-0.25, -0.2) is 9.36 Å². The molecule has 0 aliphatic carbocycles. The summed E-state index contributed by atoms with van der Waals surface area (Å²) in [6.07, 6.45) is 4.85. The average molecular weight is 313 g/mol. The van der Waals surface area contributed by atoms with E-state index in [-0.39, 0.29) is 18.0 Å². The molecule has 0 radical (unpaired) electrons. The van der Waals surface area contributed by atoms with E-state index in [2.05, 4.69) is 15.5 Å². The number of amides is 1. The average Bonchev–Trinajstić information content (AvgIpc) is 3.25. The number of nitrogens with one attached hydrogen (secondary N) is 1. The topological polar surface area (TPSA) is 95.0 Å². The van der Waals surface area contributed by atoms with E-state index in [0.29, 0.717) is 11.6 Å². The van der Waals surface area contributed by atoms with Gasteiger partial charge in [-0.15, -0.1) is 5.10 Å². The van der Waals surface area contributed by atoms with Gasteiger partial charge in [-0.2, -0.15) is 5.10 Å². The Morgan fingerprint density at radius 1 is 1.35 bits per heavy atom. The highest BCUT2D eigenvalue weighted by atomic mass is 16.3. The Kier molecular flexibility index (Phi) is 4.05. The van der Waals surface area contributed by atoms with Crippen LogP contribution in [0.15, 0.2) is 58.2 Å². The van der Waals surface area contributed by atoms with Crippen LogP contribution in [0.25, 0.3) is 5.82 Å². The lowest BCUT2D eigenvalue weighted by atomic mass is 10.3. The van der Waals surface area contributed by atoms with E-state index in [0.717, 1.165) is 4.68 Å². The molecule has 1 amide bonds. The lowest BCUT2D eigenvalue weighted by Gasteiger charge is -2.14. The summed E-state index contributed by atoms with van der Waals surface area (Å²) in [4.78, 5) is 24.2. The van der Waals surface area contributed by atoms with Gasteiger partial charge in [0.15, 0.2) is 5.82 Å². The first-order valence-electron chi connectivity index (χ1n) is 7.05. The standard InChI is InChI=1S/C15H15N5O3/c1-11(15(22)16-10-12-4-2-9-23-12)20-14(21)6-5-13(18-20)19-8-3-7-17-19/h2-9,11H,10H2,1H3,(H,16,22). The molecule has 0 saturated heterocycles. The Labute approximate surface area is 131 Å². The van der Waals surface area contributed by atoms with Crippen LogP contribution < -0.4 is 10.9 Å². The molecule has 3 aromatic rings. The van der Waals surface area contributed by atoms with Crippen LogP contribution in [-0.4, -0.2) is 25.5 Å². The monoisotopic (exact) mass is 313 g/mol. The fraction of sp³-hybridized carbons (Fsp3) is 0.200. The van der Waals surface area contributed by atoms with E-state index in [1.165, 1.54) is 17.0 Å². The zero-order valence-corrected chi connectivity index (χ0v) is 12.4. The molecule has 8 heteroatoms. The van der Waals surface area contributed by atoms with Gasteiger partial charge in [0.2, 0.25) is 5.91 Å². The van der Waals surface area contributed by atoms with Crippen molar-refractivity contribution < 1.29 is 9.21 Å². The van der Waals surface area contributed by atoms with Crippen LogP contribution in [0.3, 0.4) is 0 Å². The van der Waals surface area contributed by atoms with Crippen LogP contribution in [0.5, 0.6) is 0 Å². The van der Waals surface area contributed by atoms with Crippen molar-refractivity contribution in [3.63, 3.8) is 0 Å². The molecule has 0 saturated carbocycles. The fourth-order valence-corrected chi connectivity index (χ4v) is 2.07. The Bertz CT molecular complexity index is 836. The van der Waals surface area contributed by atoms with Gasteiger partial charge in [0, 0.05) is 18.5 Å². The van der Waals surface area contributed by atoms with Crippen molar-refractivity contribution in [2.75, 3.05) is 0 Å². The zero-order chi connectivity index (χ0) is 16.2. The lowest BCUT2D eigenvalue weighted by Crippen LogP contribution is -2.37. The van der Waals surface area contributed by atoms with Gasteiger partial charge >= 0.3 is 0 Å². The van der Waals surface area contributed by atoms with E-state index in [1.807, 2.05) is 0 Å². The minimum Gasteiger partial charge on any atom is -0.467 e. The second-order valence-electron chi connectivity index (χ2n) is 4.90. The first-order chi connectivity index (χ1) is 11.1. The lowest BCUT2D eigenvalue weighted by molar-refractivity contribution is -0.124. The summed E-state index contributed by atoms with van der Waals surface area (Å²) in [5.74, 6) is 0.769. The molecule has 118 valence electrons. The zero-order valence-electron chi connectivity index (χ0n) is 12.4. The molecule has 8 nitrogen and oxygen atoms in total. The normalized spacial score (nSPS) is 12.0. The first-order valence-corrected chi connectivity index (χ1v) is 7.05. The molecule has 23 heavy (non-hydrogen) atoms. The summed E-state index contributed by atoms with van der Waals surface area (Å²) in [7, 11) is 0. The molecule has 0 aromatic carbocycles. The Morgan fingerprint density at radius 3 is 2.91 bits per heavy atom. The largest absolute Gasteiger partial charge is 0.467 e. The van der Waals surface area contributed by atoms with Gasteiger partial charge in [0.05, 0.1) is 12.8 Å². The van der Waals surface area contributed by atoms with Gasteiger partial charge in [0.1, 0.15) is 11.8 Å². The van der Waals surface area contributed by atoms with Crippen molar-refractivity contribution in [3.05, 3.63) is 65.1 Å². The van der Waals surface area contributed by atoms with Crippen molar-refractivity contribution in [1.29, 1.82) is 0 Å². The third-order valence-corrected chi connectivity index (χ3v) is 3.31. The number of hydrogen-bond acceptors (Lipinski definition) is 5. The highest BCUT2D eigenvalue weighted by Crippen LogP contribution is 2.05. The summed E-state index contributed by atoms with van der Waals surface area (Å²) in [5.41, 5.74) is -0.360. The molecular weight excluding hydrogens is 298 g/mol. The number of carbonyl (C=O) groups is 1. The second-order valence-corrected chi connectivity index (χ2v) is 4.90. The number of hydrogen-bond donors (Lipinski definition) is 1. The first kappa shape index (κ1) is 14.8. The van der Waals surface area contributed by atoms with Gasteiger partial charge in [-0.1, -0.05) is 0 Å². The van der Waals surface area contributed by atoms with Gasteiger partial charge < -0.3 is 9.73 Å². The third-order valence-electron chi connectivity index (χ3n) is 3.31. The highest BCUT2D eigenvalue weighted by molar-refractivity contribution is 5.79. The molecule has 0 bridgehead atoms. The smallest absolute Gasteiger partial charge is 0.267 e. The summed E-state index contributed by atoms with van der Waals surface area (Å²) in [6, 6.07) is 7.40. The number of aromatic nitrogens is 4. The maximum Gasteiger partial charge on any atom is 0.267 e. The minimum absolute atomic E-state index is 0.254. The number of carbonyl (C=O) groups excluding carboxylic acids is 1. The van der Waals surface area contributed by atoms with E-state index in [9.17, 15) is 9.59 Å². The molecule has 3 aromatic heterocycles. The van der Waals surface area contributed by atoms with Crippen molar-refractivity contribution in [2.45, 2.75) is 19.5 Å². The minimum atomic E-state index is -0.757. The molecular formula is C15H15N5O3. The number of nitrogens with zero attached hydrogens (tertiary/aromatic N) is 4. The summed E-state index contributed by atoms with van der Waals surface area (Å²) < 4.78 is 7.80. The number of rotatable bonds is 5. The maximum absolute atomic E-state index is 12.2. The van der Waals surface area contributed by atoms with Gasteiger partial charge in [0.25, 0.3) is 5.56 Å². The molecule has 3 heterocycles. The molecule has 0 aliphatic rings. The van der Waals surface area contributed by atoms with Crippen molar-refractivity contribution in [2.24, 2.45) is 0 Å². The molecule has 0 spiro atoms. The molecule has 1 atom stereocenters. The van der Waals surface area contributed by atoms with Crippen LogP contribution in [0, 0.1) is 0 Å². The number of furan rings is 1. The Balaban J connectivity index is 1.78. The van der Waals surface area contributed by atoms with Crippen LogP contribution in [-0.2, 0) is 11.3 Å². The molecule has 0 aliphatic heterocycles. The van der Waals surface area contributed by atoms with Crippen molar-refractivity contribution in [3.8, 4) is 5.82 Å². The Hall–Kier alpha value is -3.16. The van der Waals surface area contributed by atoms with Crippen LogP contribution in [0.4, 0.5) is 0 Å². The van der Waals surface area contributed by atoms with Crippen LogP contribution in [0.1, 0.15) is 18.7 Å².